The maximum Gasteiger partial charge on any atom is 0.256 e. The number of benzene rings is 1. The Hall–Kier alpha value is -2.12. The molecule has 3 fully saturated rings. The monoisotopic (exact) mass is 456 g/mol. The number of amides is 2. The molecule has 7 heteroatoms. The van der Waals surface area contributed by atoms with Crippen molar-refractivity contribution >= 4 is 17.5 Å². The molecule has 3 aliphatic rings. The number of piperazine rings is 1. The van der Waals surface area contributed by atoms with Gasteiger partial charge in [0.2, 0.25) is 5.91 Å². The Morgan fingerprint density at radius 3 is 2.24 bits per heavy atom. The molecule has 33 heavy (non-hydrogen) atoms. The summed E-state index contributed by atoms with van der Waals surface area (Å²) in [7, 11) is 1.53. The summed E-state index contributed by atoms with van der Waals surface area (Å²) in [6.07, 6.45) is 9.84. The van der Waals surface area contributed by atoms with Crippen LogP contribution in [0.4, 0.5) is 5.69 Å². The molecule has 1 aliphatic carbocycles. The van der Waals surface area contributed by atoms with Crippen molar-refractivity contribution < 1.29 is 14.3 Å². The second kappa shape index (κ2) is 11.8. The molecule has 0 unspecified atom stereocenters. The first-order valence-electron chi connectivity index (χ1n) is 12.8. The fourth-order valence-corrected chi connectivity index (χ4v) is 5.68. The lowest BCUT2D eigenvalue weighted by Gasteiger charge is -2.40. The van der Waals surface area contributed by atoms with Gasteiger partial charge < -0.3 is 19.9 Å². The highest BCUT2D eigenvalue weighted by atomic mass is 16.5. The summed E-state index contributed by atoms with van der Waals surface area (Å²) in [6, 6.07) is 8.91. The van der Waals surface area contributed by atoms with Crippen LogP contribution < -0.4 is 10.2 Å². The van der Waals surface area contributed by atoms with E-state index < -0.39 is 0 Å². The topological polar surface area (TPSA) is 65.1 Å². The van der Waals surface area contributed by atoms with Gasteiger partial charge in [-0.1, -0.05) is 37.8 Å². The molecule has 0 atom stereocenters. The van der Waals surface area contributed by atoms with Gasteiger partial charge in [-0.2, -0.15) is 0 Å². The highest BCUT2D eigenvalue weighted by molar-refractivity contribution is 6.00. The summed E-state index contributed by atoms with van der Waals surface area (Å²) in [5, 5.41) is 3.05. The number of ether oxygens (including phenoxy) is 1. The Balaban J connectivity index is 1.33. The number of carbonyl (C=O) groups is 2. The van der Waals surface area contributed by atoms with E-state index in [4.69, 9.17) is 4.74 Å². The normalized spacial score (nSPS) is 21.6. The average molecular weight is 457 g/mol. The van der Waals surface area contributed by atoms with Crippen molar-refractivity contribution in [3.63, 3.8) is 0 Å². The van der Waals surface area contributed by atoms with E-state index in [1.807, 2.05) is 23.1 Å². The first-order valence-corrected chi connectivity index (χ1v) is 12.8. The highest BCUT2D eigenvalue weighted by Crippen LogP contribution is 2.27. The summed E-state index contributed by atoms with van der Waals surface area (Å²) in [4.78, 5) is 32.3. The number of anilines is 1. The van der Waals surface area contributed by atoms with Gasteiger partial charge in [0, 0.05) is 64.1 Å². The van der Waals surface area contributed by atoms with Crippen LogP contribution in [0.5, 0.6) is 0 Å². The highest BCUT2D eigenvalue weighted by Gasteiger charge is 2.29. The van der Waals surface area contributed by atoms with E-state index >= 15 is 0 Å². The fourth-order valence-electron chi connectivity index (χ4n) is 5.68. The van der Waals surface area contributed by atoms with E-state index in [-0.39, 0.29) is 24.5 Å². The molecule has 0 aromatic heterocycles. The third-order valence-corrected chi connectivity index (χ3v) is 7.55. The summed E-state index contributed by atoms with van der Waals surface area (Å²) in [6.45, 7) is 5.38. The molecule has 1 aromatic carbocycles. The zero-order chi connectivity index (χ0) is 23.0. The van der Waals surface area contributed by atoms with E-state index in [0.29, 0.717) is 6.04 Å². The Labute approximate surface area is 198 Å². The van der Waals surface area contributed by atoms with Crippen LogP contribution in [0.3, 0.4) is 0 Å². The number of rotatable bonds is 6. The van der Waals surface area contributed by atoms with Crippen LogP contribution >= 0.6 is 0 Å². The van der Waals surface area contributed by atoms with Gasteiger partial charge in [-0.05, 0) is 37.8 Å². The lowest BCUT2D eigenvalue weighted by molar-refractivity contribution is -0.125. The second-order valence-corrected chi connectivity index (χ2v) is 9.75. The molecular weight excluding hydrogens is 416 g/mol. The number of carbonyl (C=O) groups excluding carboxylic acids is 2. The van der Waals surface area contributed by atoms with Crippen molar-refractivity contribution in [2.75, 3.05) is 57.9 Å². The van der Waals surface area contributed by atoms with Gasteiger partial charge >= 0.3 is 0 Å². The van der Waals surface area contributed by atoms with Crippen molar-refractivity contribution in [1.29, 1.82) is 0 Å². The third-order valence-electron chi connectivity index (χ3n) is 7.55. The largest absolute Gasteiger partial charge is 0.375 e. The zero-order valence-electron chi connectivity index (χ0n) is 20.1. The maximum atomic E-state index is 13.5. The summed E-state index contributed by atoms with van der Waals surface area (Å²) in [5.41, 5.74) is 1.83. The first kappa shape index (κ1) is 24.0. The van der Waals surface area contributed by atoms with Crippen molar-refractivity contribution in [3.8, 4) is 0 Å². The van der Waals surface area contributed by atoms with Crippen LogP contribution in [0.25, 0.3) is 0 Å². The molecule has 4 rings (SSSR count). The Morgan fingerprint density at radius 2 is 1.58 bits per heavy atom. The molecule has 0 radical (unpaired) electrons. The molecule has 182 valence electrons. The molecule has 0 spiro atoms. The smallest absolute Gasteiger partial charge is 0.256 e. The van der Waals surface area contributed by atoms with Crippen LogP contribution in [-0.2, 0) is 9.53 Å². The van der Waals surface area contributed by atoms with Gasteiger partial charge in [0.25, 0.3) is 5.91 Å². The van der Waals surface area contributed by atoms with Crippen molar-refractivity contribution in [2.45, 2.75) is 63.5 Å². The predicted molar refractivity (Wildman–Crippen MR) is 131 cm³/mol. The van der Waals surface area contributed by atoms with Gasteiger partial charge in [-0.15, -0.1) is 0 Å². The van der Waals surface area contributed by atoms with E-state index in [2.05, 4.69) is 21.2 Å². The van der Waals surface area contributed by atoms with Crippen LogP contribution in [-0.4, -0.2) is 86.7 Å². The molecule has 2 amide bonds. The Morgan fingerprint density at radius 1 is 0.909 bits per heavy atom. The number of para-hydroxylation sites is 1. The number of hydrogen-bond acceptors (Lipinski definition) is 5. The van der Waals surface area contributed by atoms with Crippen molar-refractivity contribution in [1.82, 2.24) is 15.1 Å². The summed E-state index contributed by atoms with van der Waals surface area (Å²) >= 11 is 0. The number of nitrogens with zero attached hydrogens (tertiary/aromatic N) is 3. The summed E-state index contributed by atoms with van der Waals surface area (Å²) in [5.74, 6) is 0.0937. The van der Waals surface area contributed by atoms with Gasteiger partial charge in [0.1, 0.15) is 6.61 Å². The van der Waals surface area contributed by atoms with E-state index in [1.165, 1.54) is 45.6 Å². The molecule has 1 aromatic rings. The second-order valence-electron chi connectivity index (χ2n) is 9.75. The molecular formula is C26H40N4O3. The van der Waals surface area contributed by atoms with Crippen LogP contribution in [0.2, 0.25) is 0 Å². The third kappa shape index (κ3) is 6.27. The summed E-state index contributed by atoms with van der Waals surface area (Å²) < 4.78 is 4.91. The van der Waals surface area contributed by atoms with Crippen LogP contribution in [0, 0.1) is 0 Å². The minimum Gasteiger partial charge on any atom is -0.375 e. The standard InChI is InChI=1S/C26H40N4O3/c1-33-20-25(31)27-21-12-14-29(15-13-21)24-11-7-6-10-23(24)26(32)30-18-16-28(17-19-30)22-8-4-2-3-5-9-22/h6-7,10-11,21-22H,2-5,8-9,12-20H2,1H3,(H,27,31). The zero-order valence-corrected chi connectivity index (χ0v) is 20.1. The number of hydrogen-bond donors (Lipinski definition) is 1. The predicted octanol–water partition coefficient (Wildman–Crippen LogP) is 2.90. The molecule has 1 saturated carbocycles. The SMILES string of the molecule is COCC(=O)NC1CCN(c2ccccc2C(=O)N2CCN(C3CCCCCC3)CC2)CC1. The Kier molecular flexibility index (Phi) is 8.62. The number of piperidine rings is 1. The molecule has 2 saturated heterocycles. The number of nitrogens with one attached hydrogen (secondary N) is 1. The minimum atomic E-state index is -0.0606. The van der Waals surface area contributed by atoms with E-state index in [9.17, 15) is 9.59 Å². The van der Waals surface area contributed by atoms with Gasteiger partial charge in [0.05, 0.1) is 5.56 Å². The molecule has 7 nitrogen and oxygen atoms in total. The Bertz CT molecular complexity index is 777. The van der Waals surface area contributed by atoms with Crippen LogP contribution in [0.15, 0.2) is 24.3 Å². The molecule has 1 N–H and O–H groups in total. The quantitative estimate of drug-likeness (QED) is 0.667. The first-order chi connectivity index (χ1) is 16.2. The maximum absolute atomic E-state index is 13.5. The minimum absolute atomic E-state index is 0.0606. The van der Waals surface area contributed by atoms with E-state index in [0.717, 1.165) is 63.4 Å². The fraction of sp³-hybridized carbons (Fsp3) is 0.692. The van der Waals surface area contributed by atoms with Crippen molar-refractivity contribution in [2.24, 2.45) is 0 Å². The van der Waals surface area contributed by atoms with Gasteiger partial charge in [-0.3, -0.25) is 14.5 Å². The molecule has 2 heterocycles. The van der Waals surface area contributed by atoms with Gasteiger partial charge in [0.15, 0.2) is 0 Å². The van der Waals surface area contributed by atoms with E-state index in [1.54, 1.807) is 0 Å². The molecule has 0 bridgehead atoms. The van der Waals surface area contributed by atoms with Crippen molar-refractivity contribution in [3.05, 3.63) is 29.8 Å². The van der Waals surface area contributed by atoms with Crippen LogP contribution in [0.1, 0.15) is 61.7 Å². The lowest BCUT2D eigenvalue weighted by atomic mass is 10.0. The molecule has 2 aliphatic heterocycles. The average Bonchev–Trinajstić information content (AvgIpc) is 3.14. The lowest BCUT2D eigenvalue weighted by Crippen LogP contribution is -2.52. The van der Waals surface area contributed by atoms with Gasteiger partial charge in [-0.25, -0.2) is 0 Å². The number of methoxy groups -OCH3 is 1.